The van der Waals surface area contributed by atoms with E-state index in [1.54, 1.807) is 18.2 Å². The van der Waals surface area contributed by atoms with Crippen LogP contribution in [0.1, 0.15) is 26.3 Å². The Kier molecular flexibility index (Phi) is 4.08. The molecule has 6 N–H and O–H groups in total. The van der Waals surface area contributed by atoms with Crippen LogP contribution in [0.2, 0.25) is 0 Å². The summed E-state index contributed by atoms with van der Waals surface area (Å²) in [5, 5.41) is 12.4. The number of amides is 2. The molecule has 0 spiro atoms. The molecule has 0 heterocycles. The highest BCUT2D eigenvalue weighted by Crippen LogP contribution is 2.17. The Balaban J connectivity index is 2.23. The number of carbonyl (C=O) groups excluding carboxylic acids is 2. The third kappa shape index (κ3) is 3.73. The fourth-order valence-corrected chi connectivity index (χ4v) is 1.88. The standard InChI is InChI=1S/C15H15N3O3/c16-14(20)10-5-11(15(17)21)7-12(6-10)18-8-9-2-1-3-13(19)4-9/h1-7,18-19H,8H2,(H2,16,20)(H2,17,21). The minimum Gasteiger partial charge on any atom is -0.508 e. The number of anilines is 1. The number of nitrogens with two attached hydrogens (primary N) is 2. The van der Waals surface area contributed by atoms with E-state index in [1.807, 2.05) is 6.07 Å². The van der Waals surface area contributed by atoms with Gasteiger partial charge in [0, 0.05) is 23.4 Å². The number of hydrogen-bond donors (Lipinski definition) is 4. The largest absolute Gasteiger partial charge is 0.508 e. The van der Waals surface area contributed by atoms with Gasteiger partial charge in [0.15, 0.2) is 0 Å². The van der Waals surface area contributed by atoms with E-state index in [-0.39, 0.29) is 16.9 Å². The molecule has 0 aromatic heterocycles. The van der Waals surface area contributed by atoms with Gasteiger partial charge in [-0.1, -0.05) is 12.1 Å². The van der Waals surface area contributed by atoms with Gasteiger partial charge in [-0.15, -0.1) is 0 Å². The molecule has 2 rings (SSSR count). The highest BCUT2D eigenvalue weighted by atomic mass is 16.3. The summed E-state index contributed by atoms with van der Waals surface area (Å²) in [6, 6.07) is 11.2. The first-order valence-corrected chi connectivity index (χ1v) is 6.22. The minimum atomic E-state index is -0.640. The number of carbonyl (C=O) groups is 2. The lowest BCUT2D eigenvalue weighted by atomic mass is 10.1. The molecule has 6 nitrogen and oxygen atoms in total. The van der Waals surface area contributed by atoms with E-state index in [1.165, 1.54) is 18.2 Å². The second kappa shape index (κ2) is 5.96. The molecule has 0 fully saturated rings. The van der Waals surface area contributed by atoms with Crippen LogP contribution in [0.3, 0.4) is 0 Å². The summed E-state index contributed by atoms with van der Waals surface area (Å²) in [6.07, 6.45) is 0. The van der Waals surface area contributed by atoms with Crippen molar-refractivity contribution in [3.8, 4) is 5.75 Å². The number of aromatic hydroxyl groups is 1. The highest BCUT2D eigenvalue weighted by molar-refractivity contribution is 5.99. The van der Waals surface area contributed by atoms with Crippen molar-refractivity contribution in [3.05, 3.63) is 59.2 Å². The SMILES string of the molecule is NC(=O)c1cc(NCc2cccc(O)c2)cc(C(N)=O)c1. The van der Waals surface area contributed by atoms with Gasteiger partial charge in [0.2, 0.25) is 11.8 Å². The molecule has 0 radical (unpaired) electrons. The van der Waals surface area contributed by atoms with E-state index < -0.39 is 11.8 Å². The lowest BCUT2D eigenvalue weighted by molar-refractivity contribution is 0.0999. The van der Waals surface area contributed by atoms with Gasteiger partial charge in [-0.25, -0.2) is 0 Å². The zero-order valence-corrected chi connectivity index (χ0v) is 11.2. The molecule has 0 saturated heterocycles. The van der Waals surface area contributed by atoms with E-state index in [9.17, 15) is 14.7 Å². The molecule has 0 bridgehead atoms. The highest BCUT2D eigenvalue weighted by Gasteiger charge is 2.09. The van der Waals surface area contributed by atoms with Crippen molar-refractivity contribution in [2.45, 2.75) is 6.54 Å². The molecule has 0 aliphatic heterocycles. The number of phenolic OH excluding ortho intramolecular Hbond substituents is 1. The Hall–Kier alpha value is -3.02. The molecule has 0 unspecified atom stereocenters. The van der Waals surface area contributed by atoms with Crippen LogP contribution < -0.4 is 16.8 Å². The van der Waals surface area contributed by atoms with E-state index in [2.05, 4.69) is 5.32 Å². The van der Waals surface area contributed by atoms with Crippen molar-refractivity contribution in [2.24, 2.45) is 11.5 Å². The van der Waals surface area contributed by atoms with Crippen LogP contribution in [0.25, 0.3) is 0 Å². The minimum absolute atomic E-state index is 0.165. The summed E-state index contributed by atoms with van der Waals surface area (Å²) in [6.45, 7) is 0.412. The van der Waals surface area contributed by atoms with Crippen LogP contribution in [0.5, 0.6) is 5.75 Å². The average molecular weight is 285 g/mol. The van der Waals surface area contributed by atoms with Crippen LogP contribution in [0.4, 0.5) is 5.69 Å². The molecule has 0 saturated carbocycles. The number of nitrogens with one attached hydrogen (secondary N) is 1. The van der Waals surface area contributed by atoms with Crippen LogP contribution in [-0.2, 0) is 6.54 Å². The van der Waals surface area contributed by atoms with Crippen molar-refractivity contribution in [2.75, 3.05) is 5.32 Å². The van der Waals surface area contributed by atoms with Gasteiger partial charge in [-0.2, -0.15) is 0 Å². The van der Waals surface area contributed by atoms with Crippen LogP contribution in [-0.4, -0.2) is 16.9 Å². The van der Waals surface area contributed by atoms with Gasteiger partial charge >= 0.3 is 0 Å². The first kappa shape index (κ1) is 14.4. The van der Waals surface area contributed by atoms with Gasteiger partial charge in [0.25, 0.3) is 0 Å². The molecular formula is C15H15N3O3. The van der Waals surface area contributed by atoms with Crippen LogP contribution in [0.15, 0.2) is 42.5 Å². The van der Waals surface area contributed by atoms with Gasteiger partial charge in [-0.05, 0) is 35.9 Å². The fourth-order valence-electron chi connectivity index (χ4n) is 1.88. The van der Waals surface area contributed by atoms with Crippen molar-refractivity contribution in [1.82, 2.24) is 0 Å². The fraction of sp³-hybridized carbons (Fsp3) is 0.0667. The molecule has 6 heteroatoms. The summed E-state index contributed by atoms with van der Waals surface area (Å²) in [5.41, 5.74) is 12.2. The molecule has 2 amide bonds. The number of hydrogen-bond acceptors (Lipinski definition) is 4. The van der Waals surface area contributed by atoms with Gasteiger partial charge in [-0.3, -0.25) is 9.59 Å². The van der Waals surface area contributed by atoms with E-state index in [0.717, 1.165) is 5.56 Å². The summed E-state index contributed by atoms with van der Waals surface area (Å²) in [7, 11) is 0. The third-order valence-corrected chi connectivity index (χ3v) is 2.91. The number of rotatable bonds is 5. The Bertz CT molecular complexity index is 666. The van der Waals surface area contributed by atoms with Gasteiger partial charge in [0.05, 0.1) is 0 Å². The maximum atomic E-state index is 11.3. The van der Waals surface area contributed by atoms with Crippen molar-refractivity contribution >= 4 is 17.5 Å². The third-order valence-electron chi connectivity index (χ3n) is 2.91. The molecular weight excluding hydrogens is 270 g/mol. The molecule has 0 atom stereocenters. The maximum Gasteiger partial charge on any atom is 0.248 e. The number of phenols is 1. The van der Waals surface area contributed by atoms with Gasteiger partial charge < -0.3 is 21.9 Å². The normalized spacial score (nSPS) is 10.1. The number of benzene rings is 2. The Morgan fingerprint density at radius 3 is 2.14 bits per heavy atom. The lowest BCUT2D eigenvalue weighted by Crippen LogP contribution is -2.16. The van der Waals surface area contributed by atoms with Crippen molar-refractivity contribution < 1.29 is 14.7 Å². The zero-order chi connectivity index (χ0) is 15.4. The smallest absolute Gasteiger partial charge is 0.248 e. The Labute approximate surface area is 121 Å². The lowest BCUT2D eigenvalue weighted by Gasteiger charge is -2.09. The quantitative estimate of drug-likeness (QED) is 0.660. The second-order valence-electron chi connectivity index (χ2n) is 4.55. The molecule has 2 aromatic carbocycles. The van der Waals surface area contributed by atoms with E-state index >= 15 is 0 Å². The summed E-state index contributed by atoms with van der Waals surface area (Å²) in [5.74, 6) is -1.12. The topological polar surface area (TPSA) is 118 Å². The molecule has 0 aliphatic rings. The summed E-state index contributed by atoms with van der Waals surface area (Å²) >= 11 is 0. The zero-order valence-electron chi connectivity index (χ0n) is 11.2. The second-order valence-corrected chi connectivity index (χ2v) is 4.55. The maximum absolute atomic E-state index is 11.3. The molecule has 108 valence electrons. The number of primary amides is 2. The van der Waals surface area contributed by atoms with Crippen LogP contribution in [0, 0.1) is 0 Å². The van der Waals surface area contributed by atoms with Crippen molar-refractivity contribution in [1.29, 1.82) is 0 Å². The summed E-state index contributed by atoms with van der Waals surface area (Å²) < 4.78 is 0. The van der Waals surface area contributed by atoms with E-state index in [4.69, 9.17) is 11.5 Å². The van der Waals surface area contributed by atoms with Gasteiger partial charge in [0.1, 0.15) is 5.75 Å². The Morgan fingerprint density at radius 1 is 1.00 bits per heavy atom. The van der Waals surface area contributed by atoms with E-state index in [0.29, 0.717) is 12.2 Å². The molecule has 0 aliphatic carbocycles. The first-order chi connectivity index (χ1) is 9.95. The van der Waals surface area contributed by atoms with Crippen molar-refractivity contribution in [3.63, 3.8) is 0 Å². The summed E-state index contributed by atoms with van der Waals surface area (Å²) in [4.78, 5) is 22.5. The first-order valence-electron chi connectivity index (χ1n) is 6.22. The monoisotopic (exact) mass is 285 g/mol. The van der Waals surface area contributed by atoms with Crippen LogP contribution >= 0.6 is 0 Å². The Morgan fingerprint density at radius 2 is 1.62 bits per heavy atom. The predicted octanol–water partition coefficient (Wildman–Crippen LogP) is 1.20. The molecule has 21 heavy (non-hydrogen) atoms. The predicted molar refractivity (Wildman–Crippen MR) is 78.9 cm³/mol. The molecule has 2 aromatic rings. The average Bonchev–Trinajstić information content (AvgIpc) is 2.45.